The molecule has 0 spiro atoms. The first-order valence-electron chi connectivity index (χ1n) is 4.73. The number of hydrogen-bond donors (Lipinski definition) is 2. The molecule has 0 aromatic heterocycles. The third-order valence-corrected chi connectivity index (χ3v) is 1.90. The van der Waals surface area contributed by atoms with E-state index in [1.807, 2.05) is 6.07 Å². The summed E-state index contributed by atoms with van der Waals surface area (Å²) in [4.78, 5) is 11.1. The monoisotopic (exact) mass is 210 g/mol. The predicted molar refractivity (Wildman–Crippen MR) is 54.1 cm³/mol. The summed E-state index contributed by atoms with van der Waals surface area (Å²) in [5.41, 5.74) is 0.679. The van der Waals surface area contributed by atoms with Gasteiger partial charge in [0.2, 0.25) is 0 Å². The number of rotatable bonds is 5. The zero-order chi connectivity index (χ0) is 11.1. The summed E-state index contributed by atoms with van der Waals surface area (Å²) in [5.74, 6) is -0.514. The van der Waals surface area contributed by atoms with Crippen molar-refractivity contribution in [1.82, 2.24) is 0 Å². The molecule has 0 amide bonds. The first-order chi connectivity index (χ1) is 7.24. The first-order valence-corrected chi connectivity index (χ1v) is 4.73. The Morgan fingerprint density at radius 1 is 1.33 bits per heavy atom. The lowest BCUT2D eigenvalue weighted by Crippen LogP contribution is -2.12. The van der Waals surface area contributed by atoms with Gasteiger partial charge in [-0.3, -0.25) is 4.79 Å². The van der Waals surface area contributed by atoms with Crippen molar-refractivity contribution < 1.29 is 19.7 Å². The zero-order valence-corrected chi connectivity index (χ0v) is 8.30. The van der Waals surface area contributed by atoms with Crippen LogP contribution in [0.4, 0.5) is 0 Å². The van der Waals surface area contributed by atoms with Crippen LogP contribution < -0.4 is 0 Å². The van der Waals surface area contributed by atoms with E-state index in [1.54, 1.807) is 24.3 Å². The van der Waals surface area contributed by atoms with Crippen molar-refractivity contribution in [2.45, 2.75) is 12.5 Å². The molecule has 0 aliphatic heterocycles. The molecule has 82 valence electrons. The lowest BCUT2D eigenvalue weighted by atomic mass is 10.1. The van der Waals surface area contributed by atoms with Gasteiger partial charge < -0.3 is 14.9 Å². The fourth-order valence-corrected chi connectivity index (χ4v) is 1.17. The van der Waals surface area contributed by atoms with Gasteiger partial charge in [-0.2, -0.15) is 0 Å². The predicted octanol–water partition coefficient (Wildman–Crippen LogP) is 0.646. The van der Waals surface area contributed by atoms with Crippen LogP contribution in [0.1, 0.15) is 18.1 Å². The molecule has 1 aromatic carbocycles. The van der Waals surface area contributed by atoms with E-state index >= 15 is 0 Å². The van der Waals surface area contributed by atoms with E-state index in [2.05, 4.69) is 4.74 Å². The van der Waals surface area contributed by atoms with Crippen molar-refractivity contribution >= 4 is 5.97 Å². The molecule has 0 radical (unpaired) electrons. The Kier molecular flexibility index (Phi) is 4.80. The average Bonchev–Trinajstić information content (AvgIpc) is 2.27. The van der Waals surface area contributed by atoms with E-state index in [0.29, 0.717) is 5.56 Å². The number of aliphatic hydroxyl groups excluding tert-OH is 2. The normalized spacial score (nSPS) is 12.1. The van der Waals surface area contributed by atoms with E-state index in [0.717, 1.165) is 0 Å². The minimum Gasteiger partial charge on any atom is -0.463 e. The summed E-state index contributed by atoms with van der Waals surface area (Å²) in [5, 5.41) is 18.1. The van der Waals surface area contributed by atoms with Gasteiger partial charge >= 0.3 is 5.97 Å². The fourth-order valence-electron chi connectivity index (χ4n) is 1.17. The molecule has 1 aromatic rings. The summed E-state index contributed by atoms with van der Waals surface area (Å²) >= 11 is 0. The summed E-state index contributed by atoms with van der Waals surface area (Å²) in [7, 11) is 0. The SMILES string of the molecule is O=C(CC(O)c1ccccc1)OCCO. The molecular formula is C11H14O4. The van der Waals surface area contributed by atoms with Crippen molar-refractivity contribution in [3.63, 3.8) is 0 Å². The van der Waals surface area contributed by atoms with E-state index in [9.17, 15) is 9.90 Å². The highest BCUT2D eigenvalue weighted by atomic mass is 16.5. The molecule has 0 heterocycles. The van der Waals surface area contributed by atoms with Gasteiger partial charge in [0.25, 0.3) is 0 Å². The molecule has 2 N–H and O–H groups in total. The zero-order valence-electron chi connectivity index (χ0n) is 8.30. The van der Waals surface area contributed by atoms with Gasteiger partial charge in [-0.15, -0.1) is 0 Å². The highest BCUT2D eigenvalue weighted by molar-refractivity contribution is 5.70. The third kappa shape index (κ3) is 4.10. The summed E-state index contributed by atoms with van der Waals surface area (Å²) in [6.45, 7) is -0.229. The Balaban J connectivity index is 2.42. The molecule has 1 atom stereocenters. The Hall–Kier alpha value is -1.39. The number of carbonyl (C=O) groups excluding carboxylic acids is 1. The summed E-state index contributed by atoms with van der Waals surface area (Å²) in [6, 6.07) is 8.89. The Morgan fingerprint density at radius 2 is 2.00 bits per heavy atom. The minimum atomic E-state index is -0.850. The van der Waals surface area contributed by atoms with Gasteiger partial charge in [0.1, 0.15) is 6.61 Å². The first kappa shape index (κ1) is 11.7. The van der Waals surface area contributed by atoms with Crippen LogP contribution in [0, 0.1) is 0 Å². The number of carbonyl (C=O) groups is 1. The second-order valence-electron chi connectivity index (χ2n) is 3.07. The van der Waals surface area contributed by atoms with Crippen LogP contribution in [0.15, 0.2) is 30.3 Å². The number of hydrogen-bond acceptors (Lipinski definition) is 4. The van der Waals surface area contributed by atoms with E-state index < -0.39 is 12.1 Å². The molecule has 4 heteroatoms. The maximum absolute atomic E-state index is 11.1. The molecule has 0 aliphatic rings. The molecule has 1 unspecified atom stereocenters. The van der Waals surface area contributed by atoms with Crippen LogP contribution in [0.3, 0.4) is 0 Å². The second-order valence-corrected chi connectivity index (χ2v) is 3.07. The van der Waals surface area contributed by atoms with E-state index in [-0.39, 0.29) is 19.6 Å². The largest absolute Gasteiger partial charge is 0.463 e. The van der Waals surface area contributed by atoms with Crippen LogP contribution in [0.25, 0.3) is 0 Å². The number of benzene rings is 1. The maximum Gasteiger partial charge on any atom is 0.308 e. The molecule has 0 fully saturated rings. The van der Waals surface area contributed by atoms with Gasteiger partial charge in [-0.05, 0) is 5.56 Å². The molecule has 0 bridgehead atoms. The maximum atomic E-state index is 11.1. The fraction of sp³-hybridized carbons (Fsp3) is 0.364. The third-order valence-electron chi connectivity index (χ3n) is 1.90. The van der Waals surface area contributed by atoms with Crippen LogP contribution in [0.2, 0.25) is 0 Å². The molecule has 4 nitrogen and oxygen atoms in total. The summed E-state index contributed by atoms with van der Waals surface area (Å²) < 4.78 is 4.63. The van der Waals surface area contributed by atoms with E-state index in [4.69, 9.17) is 5.11 Å². The van der Waals surface area contributed by atoms with Crippen molar-refractivity contribution in [2.75, 3.05) is 13.2 Å². The Labute approximate surface area is 88.1 Å². The van der Waals surface area contributed by atoms with Crippen molar-refractivity contribution in [1.29, 1.82) is 0 Å². The van der Waals surface area contributed by atoms with Gasteiger partial charge in [0.15, 0.2) is 0 Å². The molecular weight excluding hydrogens is 196 g/mol. The summed E-state index contributed by atoms with van der Waals surface area (Å²) in [6.07, 6.45) is -0.943. The highest BCUT2D eigenvalue weighted by Crippen LogP contribution is 2.16. The Morgan fingerprint density at radius 3 is 2.60 bits per heavy atom. The van der Waals surface area contributed by atoms with Crippen molar-refractivity contribution in [3.05, 3.63) is 35.9 Å². The van der Waals surface area contributed by atoms with Crippen molar-refractivity contribution in [2.24, 2.45) is 0 Å². The second kappa shape index (κ2) is 6.16. The smallest absolute Gasteiger partial charge is 0.308 e. The molecule has 15 heavy (non-hydrogen) atoms. The van der Waals surface area contributed by atoms with Crippen LogP contribution in [-0.2, 0) is 9.53 Å². The lowest BCUT2D eigenvalue weighted by Gasteiger charge is -2.09. The minimum absolute atomic E-state index is 0.0274. The molecule has 0 aliphatic carbocycles. The van der Waals surface area contributed by atoms with Crippen molar-refractivity contribution in [3.8, 4) is 0 Å². The molecule has 1 rings (SSSR count). The highest BCUT2D eigenvalue weighted by Gasteiger charge is 2.13. The topological polar surface area (TPSA) is 66.8 Å². The van der Waals surface area contributed by atoms with E-state index in [1.165, 1.54) is 0 Å². The van der Waals surface area contributed by atoms with Gasteiger partial charge in [-0.1, -0.05) is 30.3 Å². The Bertz CT molecular complexity index is 297. The van der Waals surface area contributed by atoms with Crippen LogP contribution in [0.5, 0.6) is 0 Å². The number of esters is 1. The molecule has 0 saturated carbocycles. The van der Waals surface area contributed by atoms with Crippen LogP contribution >= 0.6 is 0 Å². The molecule has 0 saturated heterocycles. The number of aliphatic hydroxyl groups is 2. The lowest BCUT2D eigenvalue weighted by molar-refractivity contribution is -0.146. The average molecular weight is 210 g/mol. The number of ether oxygens (including phenoxy) is 1. The van der Waals surface area contributed by atoms with Crippen LogP contribution in [-0.4, -0.2) is 29.4 Å². The van der Waals surface area contributed by atoms with Gasteiger partial charge in [-0.25, -0.2) is 0 Å². The quantitative estimate of drug-likeness (QED) is 0.700. The standard InChI is InChI=1S/C11H14O4/c12-6-7-15-11(14)8-10(13)9-4-2-1-3-5-9/h1-5,10,12-13H,6-8H2. The van der Waals surface area contributed by atoms with Gasteiger partial charge in [0, 0.05) is 0 Å². The van der Waals surface area contributed by atoms with Gasteiger partial charge in [0.05, 0.1) is 19.1 Å².